The van der Waals surface area contributed by atoms with Crippen LogP contribution in [0.3, 0.4) is 0 Å². The summed E-state index contributed by atoms with van der Waals surface area (Å²) in [4.78, 5) is 27.4. The first kappa shape index (κ1) is 20.2. The van der Waals surface area contributed by atoms with Crippen LogP contribution in [0.25, 0.3) is 0 Å². The van der Waals surface area contributed by atoms with E-state index >= 15 is 0 Å². The number of hydrogen-bond acceptors (Lipinski definition) is 5. The first-order valence-corrected chi connectivity index (χ1v) is 10.4. The van der Waals surface area contributed by atoms with E-state index in [1.807, 2.05) is 17.5 Å². The van der Waals surface area contributed by atoms with Crippen molar-refractivity contribution < 1.29 is 22.9 Å². The lowest BCUT2D eigenvalue weighted by atomic mass is 10.1. The summed E-state index contributed by atoms with van der Waals surface area (Å²) in [5.41, 5.74) is 0.0249. The van der Waals surface area contributed by atoms with Crippen molar-refractivity contribution in [3.8, 4) is 0 Å². The molecule has 1 N–H and O–H groups in total. The summed E-state index contributed by atoms with van der Waals surface area (Å²) >= 11 is 1.45. The predicted octanol–water partition coefficient (Wildman–Crippen LogP) is 4.00. The molecule has 1 aliphatic rings. The van der Waals surface area contributed by atoms with Gasteiger partial charge in [-0.2, -0.15) is 0 Å². The van der Waals surface area contributed by atoms with Gasteiger partial charge in [0.15, 0.2) is 11.5 Å². The highest BCUT2D eigenvalue weighted by molar-refractivity contribution is 7.09. The summed E-state index contributed by atoms with van der Waals surface area (Å²) in [5, 5.41) is 8.46. The molecule has 0 spiro atoms. The van der Waals surface area contributed by atoms with Crippen molar-refractivity contribution in [2.75, 3.05) is 6.54 Å². The molecule has 2 heterocycles. The molecule has 0 unspecified atom stereocenters. The molecule has 0 radical (unpaired) electrons. The van der Waals surface area contributed by atoms with Crippen LogP contribution in [0, 0.1) is 17.6 Å². The van der Waals surface area contributed by atoms with E-state index in [1.54, 1.807) is 0 Å². The molecule has 9 heteroatoms. The van der Waals surface area contributed by atoms with Gasteiger partial charge in [-0.05, 0) is 42.3 Å². The van der Waals surface area contributed by atoms with Gasteiger partial charge in [-0.1, -0.05) is 11.2 Å². The quantitative estimate of drug-likeness (QED) is 0.585. The molecule has 30 heavy (non-hydrogen) atoms. The zero-order valence-corrected chi connectivity index (χ0v) is 16.8. The second kappa shape index (κ2) is 8.74. The molecule has 1 aromatic carbocycles. The Balaban J connectivity index is 1.51. The van der Waals surface area contributed by atoms with Crippen molar-refractivity contribution >= 4 is 23.2 Å². The number of benzene rings is 1. The summed E-state index contributed by atoms with van der Waals surface area (Å²) in [6.45, 7) is 0.825. The molecule has 6 nitrogen and oxygen atoms in total. The van der Waals surface area contributed by atoms with Gasteiger partial charge in [0.1, 0.15) is 11.6 Å². The van der Waals surface area contributed by atoms with Gasteiger partial charge in [0, 0.05) is 29.1 Å². The van der Waals surface area contributed by atoms with Gasteiger partial charge < -0.3 is 14.7 Å². The second-order valence-corrected chi connectivity index (χ2v) is 8.26. The maximum atomic E-state index is 13.6. The van der Waals surface area contributed by atoms with Gasteiger partial charge in [-0.25, -0.2) is 8.78 Å². The molecule has 156 valence electrons. The van der Waals surface area contributed by atoms with Gasteiger partial charge in [-0.3, -0.25) is 9.59 Å². The van der Waals surface area contributed by atoms with Crippen LogP contribution in [0.4, 0.5) is 8.78 Å². The molecule has 0 aliphatic heterocycles. The third-order valence-electron chi connectivity index (χ3n) is 4.71. The Kier molecular flexibility index (Phi) is 5.89. The van der Waals surface area contributed by atoms with Crippen LogP contribution in [0.5, 0.6) is 0 Å². The number of carbonyl (C=O) groups excluding carboxylic acids is 2. The van der Waals surface area contributed by atoms with E-state index in [4.69, 9.17) is 4.52 Å². The molecular weight excluding hydrogens is 412 g/mol. The van der Waals surface area contributed by atoms with Gasteiger partial charge >= 0.3 is 0 Å². The highest BCUT2D eigenvalue weighted by Crippen LogP contribution is 2.27. The molecule has 4 rings (SSSR count). The average Bonchev–Trinajstić information content (AvgIpc) is 3.18. The fraction of sp³-hybridized carbons (Fsp3) is 0.286. The summed E-state index contributed by atoms with van der Waals surface area (Å²) in [5.74, 6) is -1.72. The van der Waals surface area contributed by atoms with Crippen LogP contribution >= 0.6 is 11.3 Å². The summed E-state index contributed by atoms with van der Waals surface area (Å²) < 4.78 is 32.4. The Labute approximate surface area is 175 Å². The van der Waals surface area contributed by atoms with Crippen molar-refractivity contribution in [2.24, 2.45) is 5.92 Å². The fourth-order valence-corrected chi connectivity index (χ4v) is 3.70. The standard InChI is InChI=1S/C21H19F2N3O3S/c22-15-6-14(7-16(23)8-15)21(28)26(12-18-2-1-5-30-18)11-17-9-19(25-29-17)20(27)24-10-13-3-4-13/h1-2,5-9,13H,3-4,10-12H2,(H,24,27). The summed E-state index contributed by atoms with van der Waals surface area (Å²) in [7, 11) is 0. The minimum absolute atomic E-state index is 0.00221. The molecule has 0 saturated heterocycles. The lowest BCUT2D eigenvalue weighted by Crippen LogP contribution is -2.30. The first-order chi connectivity index (χ1) is 14.5. The molecule has 3 aromatic rings. The largest absolute Gasteiger partial charge is 0.359 e. The number of nitrogens with zero attached hydrogens (tertiary/aromatic N) is 2. The van der Waals surface area contributed by atoms with Crippen molar-refractivity contribution in [3.63, 3.8) is 0 Å². The lowest BCUT2D eigenvalue weighted by Gasteiger charge is -2.21. The third-order valence-corrected chi connectivity index (χ3v) is 5.57. The SMILES string of the molecule is O=C(NCC1CC1)c1cc(CN(Cc2cccs2)C(=O)c2cc(F)cc(F)c2)on1. The summed E-state index contributed by atoms with van der Waals surface area (Å²) in [6, 6.07) is 7.87. The van der Waals surface area contributed by atoms with E-state index in [0.29, 0.717) is 24.3 Å². The Morgan fingerprint density at radius 1 is 1.17 bits per heavy atom. The Morgan fingerprint density at radius 2 is 1.93 bits per heavy atom. The van der Waals surface area contributed by atoms with Crippen molar-refractivity contribution in [1.82, 2.24) is 15.4 Å². The van der Waals surface area contributed by atoms with Gasteiger partial charge in [0.25, 0.3) is 11.8 Å². The van der Waals surface area contributed by atoms with Gasteiger partial charge in [0.2, 0.25) is 0 Å². The van der Waals surface area contributed by atoms with Crippen molar-refractivity contribution in [1.29, 1.82) is 0 Å². The Bertz CT molecular complexity index is 1030. The number of thiophene rings is 1. The molecule has 0 atom stereocenters. The highest BCUT2D eigenvalue weighted by Gasteiger charge is 2.24. The van der Waals surface area contributed by atoms with Crippen LogP contribution in [-0.4, -0.2) is 28.4 Å². The fourth-order valence-electron chi connectivity index (χ4n) is 2.98. The summed E-state index contributed by atoms with van der Waals surface area (Å²) in [6.07, 6.45) is 2.23. The maximum Gasteiger partial charge on any atom is 0.273 e. The molecule has 1 saturated carbocycles. The normalized spacial score (nSPS) is 13.3. The smallest absolute Gasteiger partial charge is 0.273 e. The van der Waals surface area contributed by atoms with E-state index in [9.17, 15) is 18.4 Å². The van der Waals surface area contributed by atoms with E-state index < -0.39 is 17.5 Å². The van der Waals surface area contributed by atoms with E-state index in [0.717, 1.165) is 29.9 Å². The average molecular weight is 431 g/mol. The van der Waals surface area contributed by atoms with Crippen LogP contribution in [0.2, 0.25) is 0 Å². The monoisotopic (exact) mass is 431 g/mol. The number of nitrogens with one attached hydrogen (secondary N) is 1. The number of carbonyl (C=O) groups is 2. The molecule has 1 fully saturated rings. The number of hydrogen-bond donors (Lipinski definition) is 1. The van der Waals surface area contributed by atoms with Crippen molar-refractivity contribution in [2.45, 2.75) is 25.9 Å². The number of amides is 2. The molecule has 2 amide bonds. The van der Waals surface area contributed by atoms with Crippen LogP contribution in [0.15, 0.2) is 46.3 Å². The number of rotatable bonds is 8. The molecular formula is C21H19F2N3O3S. The van der Waals surface area contributed by atoms with E-state index in [-0.39, 0.29) is 30.3 Å². The lowest BCUT2D eigenvalue weighted by molar-refractivity contribution is 0.0713. The Hall–Kier alpha value is -3.07. The van der Waals surface area contributed by atoms with E-state index in [1.165, 1.54) is 22.3 Å². The van der Waals surface area contributed by atoms with Crippen molar-refractivity contribution in [3.05, 3.63) is 75.3 Å². The number of aromatic nitrogens is 1. The number of halogens is 2. The second-order valence-electron chi connectivity index (χ2n) is 7.23. The minimum Gasteiger partial charge on any atom is -0.359 e. The molecule has 1 aliphatic carbocycles. The van der Waals surface area contributed by atoms with Crippen LogP contribution in [-0.2, 0) is 13.1 Å². The first-order valence-electron chi connectivity index (χ1n) is 9.49. The zero-order chi connectivity index (χ0) is 21.1. The third kappa shape index (κ3) is 5.10. The zero-order valence-electron chi connectivity index (χ0n) is 15.9. The minimum atomic E-state index is -0.830. The molecule has 2 aromatic heterocycles. The van der Waals surface area contributed by atoms with Gasteiger partial charge in [-0.15, -0.1) is 11.3 Å². The van der Waals surface area contributed by atoms with Crippen LogP contribution in [0.1, 0.15) is 44.3 Å². The van der Waals surface area contributed by atoms with E-state index in [2.05, 4.69) is 10.5 Å². The molecule has 0 bridgehead atoms. The Morgan fingerprint density at radius 3 is 2.60 bits per heavy atom. The topological polar surface area (TPSA) is 75.4 Å². The van der Waals surface area contributed by atoms with Crippen LogP contribution < -0.4 is 5.32 Å². The van der Waals surface area contributed by atoms with Gasteiger partial charge in [0.05, 0.1) is 13.1 Å². The highest BCUT2D eigenvalue weighted by atomic mass is 32.1. The maximum absolute atomic E-state index is 13.6. The predicted molar refractivity (Wildman–Crippen MR) is 106 cm³/mol.